The number of piperazine rings is 1. The molecule has 0 spiro atoms. The van der Waals surface area contributed by atoms with E-state index in [4.69, 9.17) is 0 Å². The van der Waals surface area contributed by atoms with Crippen molar-refractivity contribution in [1.29, 1.82) is 0 Å². The predicted molar refractivity (Wildman–Crippen MR) is 56.5 cm³/mol. The van der Waals surface area contributed by atoms with Crippen LogP contribution in [0, 0.1) is 6.92 Å². The molecule has 2 amide bonds. The zero-order valence-electron chi connectivity index (χ0n) is 8.49. The van der Waals surface area contributed by atoms with Gasteiger partial charge >= 0.3 is 0 Å². The number of amides is 2. The summed E-state index contributed by atoms with van der Waals surface area (Å²) < 4.78 is 0. The zero-order valence-corrected chi connectivity index (χ0v) is 8.49. The average Bonchev–Trinajstić information content (AvgIpc) is 2.20. The predicted octanol–water partition coefficient (Wildman–Crippen LogP) is 0.458. The number of imide groups is 1. The van der Waals surface area contributed by atoms with Gasteiger partial charge in [0, 0.05) is 0 Å². The minimum absolute atomic E-state index is 0.194. The first-order chi connectivity index (χ1) is 7.20. The quantitative estimate of drug-likeness (QED) is 0.676. The summed E-state index contributed by atoms with van der Waals surface area (Å²) in [4.78, 5) is 24.5. The third-order valence-electron chi connectivity index (χ3n) is 2.41. The van der Waals surface area contributed by atoms with Crippen LogP contribution in [0.3, 0.4) is 0 Å². The van der Waals surface area contributed by atoms with Crippen molar-refractivity contribution in [2.75, 3.05) is 18.0 Å². The fourth-order valence-electron chi connectivity index (χ4n) is 1.66. The summed E-state index contributed by atoms with van der Waals surface area (Å²) >= 11 is 0. The monoisotopic (exact) mass is 204 g/mol. The second-order valence-corrected chi connectivity index (χ2v) is 3.51. The molecule has 0 radical (unpaired) electrons. The van der Waals surface area contributed by atoms with Gasteiger partial charge in [0.1, 0.15) is 0 Å². The van der Waals surface area contributed by atoms with Crippen molar-refractivity contribution in [2.45, 2.75) is 6.92 Å². The Bertz CT molecular complexity index is 399. The number of aryl methyl sites for hydroxylation is 1. The van der Waals surface area contributed by atoms with E-state index in [1.54, 1.807) is 6.07 Å². The first-order valence-electron chi connectivity index (χ1n) is 4.82. The molecule has 1 aromatic rings. The Morgan fingerprint density at radius 2 is 1.73 bits per heavy atom. The molecule has 15 heavy (non-hydrogen) atoms. The van der Waals surface area contributed by atoms with E-state index in [0.717, 1.165) is 5.56 Å². The summed E-state index contributed by atoms with van der Waals surface area (Å²) in [7, 11) is 0. The van der Waals surface area contributed by atoms with Gasteiger partial charge in [0.25, 0.3) is 0 Å². The zero-order chi connectivity index (χ0) is 10.8. The third-order valence-corrected chi connectivity index (χ3v) is 2.41. The van der Waals surface area contributed by atoms with Gasteiger partial charge in [-0.15, -0.1) is 0 Å². The molecular weight excluding hydrogens is 192 g/mol. The third kappa shape index (κ3) is 1.76. The number of rotatable bonds is 1. The first kappa shape index (κ1) is 9.86. The van der Waals surface area contributed by atoms with Gasteiger partial charge in [-0.05, 0) is 18.6 Å². The first-order valence-corrected chi connectivity index (χ1v) is 4.82. The van der Waals surface area contributed by atoms with E-state index in [1.807, 2.05) is 25.1 Å². The van der Waals surface area contributed by atoms with Crippen LogP contribution >= 0.6 is 0 Å². The van der Waals surface area contributed by atoms with Crippen molar-refractivity contribution >= 4 is 17.5 Å². The average molecular weight is 204 g/mol. The molecule has 4 heteroatoms. The van der Waals surface area contributed by atoms with Crippen LogP contribution in [0.4, 0.5) is 5.69 Å². The molecule has 4 nitrogen and oxygen atoms in total. The topological polar surface area (TPSA) is 49.4 Å². The molecule has 1 fully saturated rings. The standard InChI is InChI=1S/C11H12N2O2/c1-8-4-2-3-5-9(8)13-10(14)6-12-7-11(13)15/h2-5,12H,6-7H2,1H3. The van der Waals surface area contributed by atoms with Crippen molar-refractivity contribution in [3.05, 3.63) is 29.8 Å². The molecule has 2 rings (SSSR count). The highest BCUT2D eigenvalue weighted by Crippen LogP contribution is 2.20. The highest BCUT2D eigenvalue weighted by atomic mass is 16.2. The minimum atomic E-state index is -0.194. The second-order valence-electron chi connectivity index (χ2n) is 3.51. The molecule has 0 saturated carbocycles. The number of carbonyl (C=O) groups is 2. The number of hydrogen-bond donors (Lipinski definition) is 1. The van der Waals surface area contributed by atoms with Gasteiger partial charge in [-0.25, -0.2) is 4.90 Å². The number of hydrogen-bond acceptors (Lipinski definition) is 3. The van der Waals surface area contributed by atoms with Gasteiger partial charge in [-0.2, -0.15) is 0 Å². The van der Waals surface area contributed by atoms with Gasteiger partial charge in [-0.1, -0.05) is 18.2 Å². The number of anilines is 1. The maximum absolute atomic E-state index is 11.6. The Hall–Kier alpha value is -1.68. The highest BCUT2D eigenvalue weighted by molar-refractivity contribution is 6.18. The fraction of sp³-hybridized carbons (Fsp3) is 0.273. The molecular formula is C11H12N2O2. The molecule has 1 N–H and O–H groups in total. The van der Waals surface area contributed by atoms with Crippen LogP contribution in [-0.2, 0) is 9.59 Å². The maximum Gasteiger partial charge on any atom is 0.247 e. The molecule has 0 aromatic heterocycles. The minimum Gasteiger partial charge on any atom is -0.300 e. The van der Waals surface area contributed by atoms with Crippen molar-refractivity contribution in [3.8, 4) is 0 Å². The molecule has 0 unspecified atom stereocenters. The van der Waals surface area contributed by atoms with E-state index in [0.29, 0.717) is 5.69 Å². The van der Waals surface area contributed by atoms with Crippen LogP contribution in [0.2, 0.25) is 0 Å². The Kier molecular flexibility index (Phi) is 2.51. The van der Waals surface area contributed by atoms with Gasteiger partial charge < -0.3 is 0 Å². The molecule has 0 aliphatic carbocycles. The lowest BCUT2D eigenvalue weighted by Gasteiger charge is -2.26. The van der Waals surface area contributed by atoms with E-state index in [9.17, 15) is 9.59 Å². The number of para-hydroxylation sites is 1. The second kappa shape index (κ2) is 3.82. The number of carbonyl (C=O) groups excluding carboxylic acids is 2. The van der Waals surface area contributed by atoms with Gasteiger partial charge in [-0.3, -0.25) is 14.9 Å². The van der Waals surface area contributed by atoms with Crippen LogP contribution in [-0.4, -0.2) is 24.9 Å². The molecule has 1 saturated heterocycles. The van der Waals surface area contributed by atoms with Crippen molar-refractivity contribution in [3.63, 3.8) is 0 Å². The van der Waals surface area contributed by atoms with Gasteiger partial charge in [0.05, 0.1) is 18.8 Å². The summed E-state index contributed by atoms with van der Waals surface area (Å²) in [5.41, 5.74) is 1.62. The molecule has 1 aliphatic rings. The lowest BCUT2D eigenvalue weighted by molar-refractivity contribution is -0.127. The summed E-state index contributed by atoms with van der Waals surface area (Å²) in [5.74, 6) is -0.388. The molecule has 0 atom stereocenters. The van der Waals surface area contributed by atoms with E-state index < -0.39 is 0 Å². The Balaban J connectivity index is 2.40. The van der Waals surface area contributed by atoms with Gasteiger partial charge in [0.2, 0.25) is 11.8 Å². The fourth-order valence-corrected chi connectivity index (χ4v) is 1.66. The number of nitrogens with one attached hydrogen (secondary N) is 1. The Morgan fingerprint density at radius 1 is 1.13 bits per heavy atom. The van der Waals surface area contributed by atoms with Crippen LogP contribution in [0.15, 0.2) is 24.3 Å². The van der Waals surface area contributed by atoms with Crippen molar-refractivity contribution < 1.29 is 9.59 Å². The van der Waals surface area contributed by atoms with Crippen LogP contribution in [0.5, 0.6) is 0 Å². The van der Waals surface area contributed by atoms with E-state index >= 15 is 0 Å². The number of nitrogens with zero attached hydrogens (tertiary/aromatic N) is 1. The summed E-state index contributed by atoms with van der Waals surface area (Å²) in [6, 6.07) is 7.38. The normalized spacial score (nSPS) is 17.0. The molecule has 0 bridgehead atoms. The molecule has 1 aliphatic heterocycles. The van der Waals surface area contributed by atoms with Crippen molar-refractivity contribution in [2.24, 2.45) is 0 Å². The lowest BCUT2D eigenvalue weighted by Crippen LogP contribution is -2.52. The highest BCUT2D eigenvalue weighted by Gasteiger charge is 2.27. The molecule has 1 heterocycles. The maximum atomic E-state index is 11.6. The summed E-state index contributed by atoms with van der Waals surface area (Å²) in [6.45, 7) is 2.33. The Morgan fingerprint density at radius 3 is 2.33 bits per heavy atom. The Labute approximate surface area is 87.9 Å². The summed E-state index contributed by atoms with van der Waals surface area (Å²) in [5, 5.41) is 2.76. The van der Waals surface area contributed by atoms with E-state index in [1.165, 1.54) is 4.90 Å². The largest absolute Gasteiger partial charge is 0.300 e. The summed E-state index contributed by atoms with van der Waals surface area (Å²) in [6.07, 6.45) is 0. The van der Waals surface area contributed by atoms with Crippen LogP contribution < -0.4 is 10.2 Å². The van der Waals surface area contributed by atoms with Crippen LogP contribution in [0.1, 0.15) is 5.56 Å². The molecule has 78 valence electrons. The smallest absolute Gasteiger partial charge is 0.247 e. The van der Waals surface area contributed by atoms with Crippen LogP contribution in [0.25, 0.3) is 0 Å². The van der Waals surface area contributed by atoms with E-state index in [-0.39, 0.29) is 24.9 Å². The SMILES string of the molecule is Cc1ccccc1N1C(=O)CNCC1=O. The number of benzene rings is 1. The van der Waals surface area contributed by atoms with Gasteiger partial charge in [0.15, 0.2) is 0 Å². The molecule has 1 aromatic carbocycles. The lowest BCUT2D eigenvalue weighted by atomic mass is 10.1. The van der Waals surface area contributed by atoms with E-state index in [2.05, 4.69) is 5.32 Å². The van der Waals surface area contributed by atoms with Crippen molar-refractivity contribution in [1.82, 2.24) is 5.32 Å².